The van der Waals surface area contributed by atoms with E-state index >= 15 is 0 Å². The molecule has 0 spiro atoms. The van der Waals surface area contributed by atoms with Gasteiger partial charge in [-0.2, -0.15) is 13.2 Å². The lowest BCUT2D eigenvalue weighted by Crippen LogP contribution is -2.38. The van der Waals surface area contributed by atoms with E-state index in [1.807, 2.05) is 6.07 Å². The van der Waals surface area contributed by atoms with Gasteiger partial charge in [-0.25, -0.2) is 9.18 Å². The zero-order valence-corrected chi connectivity index (χ0v) is 16.2. The van der Waals surface area contributed by atoms with Crippen LogP contribution in [0.3, 0.4) is 0 Å². The number of rotatable bonds is 5. The molecule has 1 aliphatic rings. The van der Waals surface area contributed by atoms with Crippen LogP contribution in [0.2, 0.25) is 0 Å². The molecule has 5 nitrogen and oxygen atoms in total. The van der Waals surface area contributed by atoms with Crippen molar-refractivity contribution in [3.05, 3.63) is 58.3 Å². The van der Waals surface area contributed by atoms with Gasteiger partial charge in [0, 0.05) is 0 Å². The van der Waals surface area contributed by atoms with Crippen molar-refractivity contribution < 1.29 is 31.5 Å². The summed E-state index contributed by atoms with van der Waals surface area (Å²) >= 11 is 5.18. The Morgan fingerprint density at radius 2 is 2.14 bits per heavy atom. The zero-order chi connectivity index (χ0) is 21.2. The Morgan fingerprint density at radius 1 is 1.38 bits per heavy atom. The Kier molecular flexibility index (Phi) is 6.11. The smallest absolute Gasteiger partial charge is 0.450 e. The van der Waals surface area contributed by atoms with Crippen molar-refractivity contribution in [2.24, 2.45) is 0 Å². The summed E-state index contributed by atoms with van der Waals surface area (Å²) in [7, 11) is 0. The molecule has 156 valence electrons. The van der Waals surface area contributed by atoms with E-state index in [0.717, 1.165) is 11.6 Å². The first-order valence-corrected chi connectivity index (χ1v) is 9.24. The van der Waals surface area contributed by atoms with Crippen LogP contribution in [0.15, 0.2) is 28.7 Å². The number of hydrogen-bond acceptors (Lipinski definition) is 4. The first kappa shape index (κ1) is 21.1. The molecular weight excluding hydrogens is 412 g/mol. The van der Waals surface area contributed by atoms with Gasteiger partial charge in [0.15, 0.2) is 5.11 Å². The van der Waals surface area contributed by atoms with Crippen molar-refractivity contribution in [3.63, 3.8) is 0 Å². The summed E-state index contributed by atoms with van der Waals surface area (Å²) < 4.78 is 61.8. The van der Waals surface area contributed by atoms with Gasteiger partial charge in [-0.3, -0.25) is 0 Å². The second-order valence-corrected chi connectivity index (χ2v) is 6.94. The van der Waals surface area contributed by atoms with Gasteiger partial charge in [0.05, 0.1) is 12.6 Å². The molecule has 0 bridgehead atoms. The monoisotopic (exact) mass is 430 g/mol. The molecule has 1 aliphatic carbocycles. The molecule has 0 saturated carbocycles. The van der Waals surface area contributed by atoms with Crippen LogP contribution in [0.5, 0.6) is 0 Å². The van der Waals surface area contributed by atoms with Crippen molar-refractivity contribution in [2.45, 2.75) is 32.0 Å². The molecule has 0 fully saturated rings. The van der Waals surface area contributed by atoms with Crippen LogP contribution in [0.25, 0.3) is 0 Å². The average molecular weight is 430 g/mol. The first-order valence-electron chi connectivity index (χ1n) is 8.83. The number of aryl methyl sites for hydroxylation is 1. The summed E-state index contributed by atoms with van der Waals surface area (Å²) in [6.07, 6.45) is -3.50. The molecule has 0 saturated heterocycles. The van der Waals surface area contributed by atoms with Gasteiger partial charge in [-0.1, -0.05) is 12.1 Å². The summed E-state index contributed by atoms with van der Waals surface area (Å²) in [5.41, 5.74) is 0.841. The van der Waals surface area contributed by atoms with E-state index in [0.29, 0.717) is 18.4 Å². The van der Waals surface area contributed by atoms with Gasteiger partial charge >= 0.3 is 12.1 Å². The third-order valence-corrected chi connectivity index (χ3v) is 4.73. The fourth-order valence-electron chi connectivity index (χ4n) is 3.23. The molecule has 1 atom stereocenters. The molecule has 1 unspecified atom stereocenters. The van der Waals surface area contributed by atoms with E-state index in [1.165, 1.54) is 13.0 Å². The molecule has 2 N–H and O–H groups in total. The maximum absolute atomic E-state index is 13.8. The summed E-state index contributed by atoms with van der Waals surface area (Å²) in [5, 5.41) is 6.16. The molecule has 0 radical (unpaired) electrons. The second-order valence-electron chi connectivity index (χ2n) is 6.53. The molecule has 29 heavy (non-hydrogen) atoms. The highest BCUT2D eigenvalue weighted by atomic mass is 32.1. The van der Waals surface area contributed by atoms with Crippen LogP contribution < -0.4 is 10.6 Å². The largest absolute Gasteiger partial charge is 0.460 e. The minimum atomic E-state index is -4.79. The number of nitrogens with one attached hydrogen (secondary N) is 2. The number of halogens is 4. The van der Waals surface area contributed by atoms with E-state index in [2.05, 4.69) is 15.1 Å². The number of furan rings is 1. The Balaban J connectivity index is 1.46. The predicted molar refractivity (Wildman–Crippen MR) is 99.9 cm³/mol. The van der Waals surface area contributed by atoms with Gasteiger partial charge in [0.25, 0.3) is 0 Å². The van der Waals surface area contributed by atoms with Gasteiger partial charge in [-0.05, 0) is 55.2 Å². The molecule has 3 rings (SSSR count). The number of carbonyl (C=O) groups is 1. The highest BCUT2D eigenvalue weighted by Crippen LogP contribution is 2.34. The number of ether oxygens (including phenoxy) is 1. The number of benzene rings is 1. The topological polar surface area (TPSA) is 63.5 Å². The number of hydrogen-bond donors (Lipinski definition) is 2. The molecule has 0 amide bonds. The molecule has 1 aromatic carbocycles. The van der Waals surface area contributed by atoms with E-state index in [9.17, 15) is 22.4 Å². The van der Waals surface area contributed by atoms with E-state index < -0.39 is 23.5 Å². The zero-order valence-electron chi connectivity index (χ0n) is 15.4. The molecule has 0 aliphatic heterocycles. The third kappa shape index (κ3) is 4.87. The van der Waals surface area contributed by atoms with Crippen molar-refractivity contribution in [1.82, 2.24) is 10.6 Å². The summed E-state index contributed by atoms with van der Waals surface area (Å²) in [4.78, 5) is 11.9. The highest BCUT2D eigenvalue weighted by Gasteiger charge is 2.40. The number of fused-ring (bicyclic) bond motifs is 1. The molecule has 10 heteroatoms. The van der Waals surface area contributed by atoms with Gasteiger partial charge in [0.1, 0.15) is 23.7 Å². The van der Waals surface area contributed by atoms with E-state index in [-0.39, 0.29) is 35.9 Å². The Hall–Kier alpha value is -2.62. The van der Waals surface area contributed by atoms with Crippen LogP contribution in [-0.4, -0.2) is 24.2 Å². The molecular formula is C19H18F4N2O3S. The Morgan fingerprint density at radius 3 is 2.86 bits per heavy atom. The minimum Gasteiger partial charge on any atom is -0.460 e. The van der Waals surface area contributed by atoms with E-state index in [4.69, 9.17) is 17.0 Å². The van der Waals surface area contributed by atoms with Crippen molar-refractivity contribution >= 4 is 23.3 Å². The van der Waals surface area contributed by atoms with Crippen molar-refractivity contribution in [3.8, 4) is 0 Å². The van der Waals surface area contributed by atoms with Gasteiger partial charge in [-0.15, -0.1) is 0 Å². The lowest BCUT2D eigenvalue weighted by Gasteiger charge is -2.17. The number of esters is 1. The van der Waals surface area contributed by atoms with Crippen molar-refractivity contribution in [2.75, 3.05) is 13.2 Å². The average Bonchev–Trinajstić information content (AvgIpc) is 3.23. The highest BCUT2D eigenvalue weighted by molar-refractivity contribution is 7.80. The summed E-state index contributed by atoms with van der Waals surface area (Å²) in [5.74, 6) is -2.79. The number of thiocarbonyl (C=S) groups is 1. The molecule has 1 aromatic heterocycles. The maximum atomic E-state index is 13.8. The van der Waals surface area contributed by atoms with Crippen LogP contribution in [0, 0.1) is 12.7 Å². The van der Waals surface area contributed by atoms with Crippen LogP contribution in [-0.2, 0) is 17.3 Å². The van der Waals surface area contributed by atoms with E-state index in [1.54, 1.807) is 6.07 Å². The maximum Gasteiger partial charge on any atom is 0.450 e. The lowest BCUT2D eigenvalue weighted by atomic mass is 10.1. The normalized spacial score (nSPS) is 15.7. The molecule has 2 aromatic rings. The SMILES string of the molecule is Cc1cc(C(=O)OCCNC(=S)NC2CCc3c(F)cccc32)c(C(F)(F)F)o1. The molecule has 1 heterocycles. The van der Waals surface area contributed by atoms with Crippen LogP contribution >= 0.6 is 12.2 Å². The van der Waals surface area contributed by atoms with Crippen LogP contribution in [0.4, 0.5) is 17.6 Å². The Bertz CT molecular complexity index is 927. The van der Waals surface area contributed by atoms with Gasteiger partial charge < -0.3 is 19.8 Å². The summed E-state index contributed by atoms with van der Waals surface area (Å²) in [6, 6.07) is 5.74. The Labute approximate surface area is 169 Å². The fourth-order valence-corrected chi connectivity index (χ4v) is 3.48. The summed E-state index contributed by atoms with van der Waals surface area (Å²) in [6.45, 7) is 1.21. The second kappa shape index (κ2) is 8.40. The standard InChI is InChI=1S/C19H18F4N2O3S/c1-10-9-13(16(28-10)19(21,22)23)17(26)27-8-7-24-18(29)25-15-6-5-11-12(15)3-2-4-14(11)20/h2-4,9,15H,5-8H2,1H3,(H2,24,25,29). The number of alkyl halides is 3. The lowest BCUT2D eigenvalue weighted by molar-refractivity contribution is -0.153. The minimum absolute atomic E-state index is 0.0407. The van der Waals surface area contributed by atoms with Crippen LogP contribution in [0.1, 0.15) is 45.5 Å². The fraction of sp³-hybridized carbons (Fsp3) is 0.368. The number of carbonyl (C=O) groups excluding carboxylic acids is 1. The predicted octanol–water partition coefficient (Wildman–Crippen LogP) is 4.05. The quantitative estimate of drug-likeness (QED) is 0.323. The van der Waals surface area contributed by atoms with Gasteiger partial charge in [0.2, 0.25) is 5.76 Å². The first-order chi connectivity index (χ1) is 13.7. The third-order valence-electron chi connectivity index (χ3n) is 4.47. The van der Waals surface area contributed by atoms with Crippen molar-refractivity contribution in [1.29, 1.82) is 0 Å².